The molecule has 0 saturated carbocycles. The summed E-state index contributed by atoms with van der Waals surface area (Å²) in [6.07, 6.45) is -3.61. The maximum Gasteiger partial charge on any atom is 0.435 e. The Balaban J connectivity index is 2.11. The van der Waals surface area contributed by atoms with E-state index in [-0.39, 0.29) is 32.2 Å². The highest BCUT2D eigenvalue weighted by Crippen LogP contribution is 2.31. The van der Waals surface area contributed by atoms with Crippen molar-refractivity contribution < 1.29 is 22.8 Å². The van der Waals surface area contributed by atoms with Gasteiger partial charge in [-0.05, 0) is 0 Å². The Labute approximate surface area is 131 Å². The van der Waals surface area contributed by atoms with Crippen LogP contribution in [0.3, 0.4) is 0 Å². The highest BCUT2D eigenvalue weighted by Gasteiger charge is 2.40. The summed E-state index contributed by atoms with van der Waals surface area (Å²) in [6, 6.07) is -0.186. The van der Waals surface area contributed by atoms with Crippen molar-refractivity contribution in [2.24, 2.45) is 7.05 Å². The SMILES string of the molecule is CN(C)C(=O)N1CCN(C(=O)c2cn(C)nc2C(F)(F)F)CC1. The maximum atomic E-state index is 12.9. The predicted molar refractivity (Wildman–Crippen MR) is 74.8 cm³/mol. The molecule has 0 radical (unpaired) electrons. The third-order valence-electron chi connectivity index (χ3n) is 3.55. The zero-order chi connectivity index (χ0) is 17.4. The van der Waals surface area contributed by atoms with Crippen LogP contribution in [0.5, 0.6) is 0 Å². The standard InChI is InChI=1S/C13H18F3N5O2/c1-18(2)12(23)21-6-4-20(5-7-21)11(22)9-8-19(3)17-10(9)13(14,15)16/h8H,4-7H2,1-3H3. The first kappa shape index (κ1) is 17.1. The van der Waals surface area contributed by atoms with Crippen LogP contribution in [0.2, 0.25) is 0 Å². The number of aryl methyl sites for hydroxylation is 1. The first-order chi connectivity index (χ1) is 10.6. The Hall–Kier alpha value is -2.26. The molecule has 128 valence electrons. The van der Waals surface area contributed by atoms with Crippen LogP contribution in [0.4, 0.5) is 18.0 Å². The first-order valence-electron chi connectivity index (χ1n) is 6.97. The van der Waals surface area contributed by atoms with Gasteiger partial charge in [0.25, 0.3) is 5.91 Å². The van der Waals surface area contributed by atoms with Gasteiger partial charge in [0.2, 0.25) is 0 Å². The summed E-state index contributed by atoms with van der Waals surface area (Å²) in [5.74, 6) is -0.720. The third-order valence-corrected chi connectivity index (χ3v) is 3.55. The van der Waals surface area contributed by atoms with Crippen LogP contribution in [-0.2, 0) is 13.2 Å². The Morgan fingerprint density at radius 3 is 2.13 bits per heavy atom. The molecule has 1 aromatic heterocycles. The van der Waals surface area contributed by atoms with Gasteiger partial charge < -0.3 is 14.7 Å². The lowest BCUT2D eigenvalue weighted by Gasteiger charge is -2.35. The maximum absolute atomic E-state index is 12.9. The fourth-order valence-corrected chi connectivity index (χ4v) is 2.41. The number of amides is 3. The van der Waals surface area contributed by atoms with Crippen LogP contribution in [0, 0.1) is 0 Å². The molecular weight excluding hydrogens is 315 g/mol. The summed E-state index contributed by atoms with van der Waals surface area (Å²) in [6.45, 7) is 0.934. The van der Waals surface area contributed by atoms with Crippen LogP contribution in [0.15, 0.2) is 6.20 Å². The van der Waals surface area contributed by atoms with Gasteiger partial charge in [0.05, 0.1) is 5.56 Å². The van der Waals surface area contributed by atoms with Gasteiger partial charge in [0, 0.05) is 53.5 Å². The molecule has 1 fully saturated rings. The number of urea groups is 1. The molecule has 1 aliphatic heterocycles. The van der Waals surface area contributed by atoms with E-state index in [0.717, 1.165) is 10.9 Å². The number of piperazine rings is 1. The van der Waals surface area contributed by atoms with Gasteiger partial charge in [0.15, 0.2) is 5.69 Å². The summed E-state index contributed by atoms with van der Waals surface area (Å²) in [7, 11) is 4.57. The third kappa shape index (κ3) is 3.57. The normalized spacial score (nSPS) is 15.7. The quantitative estimate of drug-likeness (QED) is 0.766. The molecular formula is C13H18F3N5O2. The fraction of sp³-hybridized carbons (Fsp3) is 0.615. The largest absolute Gasteiger partial charge is 0.435 e. The second-order valence-electron chi connectivity index (χ2n) is 5.52. The van der Waals surface area contributed by atoms with E-state index in [4.69, 9.17) is 0 Å². The van der Waals surface area contributed by atoms with Crippen LogP contribution < -0.4 is 0 Å². The van der Waals surface area contributed by atoms with Gasteiger partial charge in [-0.25, -0.2) is 4.79 Å². The van der Waals surface area contributed by atoms with E-state index in [9.17, 15) is 22.8 Å². The lowest BCUT2D eigenvalue weighted by atomic mass is 10.2. The van der Waals surface area contributed by atoms with Crippen LogP contribution in [0.25, 0.3) is 0 Å². The van der Waals surface area contributed by atoms with Gasteiger partial charge >= 0.3 is 12.2 Å². The van der Waals surface area contributed by atoms with E-state index in [1.165, 1.54) is 16.8 Å². The van der Waals surface area contributed by atoms with Crippen molar-refractivity contribution >= 4 is 11.9 Å². The van der Waals surface area contributed by atoms with Gasteiger partial charge in [-0.1, -0.05) is 0 Å². The molecule has 7 nitrogen and oxygen atoms in total. The summed E-state index contributed by atoms with van der Waals surface area (Å²) < 4.78 is 39.8. The van der Waals surface area contributed by atoms with E-state index in [1.807, 2.05) is 0 Å². The molecule has 0 aromatic carbocycles. The minimum atomic E-state index is -4.69. The smallest absolute Gasteiger partial charge is 0.335 e. The Morgan fingerprint density at radius 1 is 1.13 bits per heavy atom. The minimum Gasteiger partial charge on any atom is -0.335 e. The van der Waals surface area contributed by atoms with Crippen molar-refractivity contribution in [1.82, 2.24) is 24.5 Å². The topological polar surface area (TPSA) is 61.7 Å². The molecule has 2 heterocycles. The molecule has 2 rings (SSSR count). The Bertz CT molecular complexity index is 603. The second-order valence-corrected chi connectivity index (χ2v) is 5.52. The summed E-state index contributed by atoms with van der Waals surface area (Å²) in [4.78, 5) is 28.5. The molecule has 0 N–H and O–H groups in total. The van der Waals surface area contributed by atoms with Gasteiger partial charge in [0.1, 0.15) is 0 Å². The van der Waals surface area contributed by atoms with Crippen molar-refractivity contribution in [1.29, 1.82) is 0 Å². The first-order valence-corrected chi connectivity index (χ1v) is 6.97. The van der Waals surface area contributed by atoms with Crippen molar-refractivity contribution in [2.45, 2.75) is 6.18 Å². The van der Waals surface area contributed by atoms with Gasteiger partial charge in [-0.3, -0.25) is 9.48 Å². The number of alkyl halides is 3. The van der Waals surface area contributed by atoms with Gasteiger partial charge in [-0.2, -0.15) is 18.3 Å². The minimum absolute atomic E-state index is 0.185. The predicted octanol–water partition coefficient (Wildman–Crippen LogP) is 0.878. The summed E-state index contributed by atoms with van der Waals surface area (Å²) >= 11 is 0. The lowest BCUT2D eigenvalue weighted by molar-refractivity contribution is -0.141. The summed E-state index contributed by atoms with van der Waals surface area (Å²) in [5.41, 5.74) is -1.65. The molecule has 23 heavy (non-hydrogen) atoms. The fourth-order valence-electron chi connectivity index (χ4n) is 2.41. The number of nitrogens with zero attached hydrogens (tertiary/aromatic N) is 5. The molecule has 0 unspecified atom stereocenters. The van der Waals surface area contributed by atoms with Crippen LogP contribution in [0.1, 0.15) is 16.1 Å². The zero-order valence-electron chi connectivity index (χ0n) is 13.1. The highest BCUT2D eigenvalue weighted by atomic mass is 19.4. The molecule has 1 aromatic rings. The van der Waals surface area contributed by atoms with E-state index >= 15 is 0 Å². The van der Waals surface area contributed by atoms with E-state index in [2.05, 4.69) is 5.10 Å². The monoisotopic (exact) mass is 333 g/mol. The number of hydrogen-bond acceptors (Lipinski definition) is 3. The number of aromatic nitrogens is 2. The summed E-state index contributed by atoms with van der Waals surface area (Å²) in [5, 5.41) is 3.34. The Kier molecular flexibility index (Phi) is 4.53. The number of halogens is 3. The van der Waals surface area contributed by atoms with Crippen molar-refractivity contribution in [3.63, 3.8) is 0 Å². The highest BCUT2D eigenvalue weighted by molar-refractivity contribution is 5.95. The number of rotatable bonds is 1. The molecule has 0 atom stereocenters. The number of hydrogen-bond donors (Lipinski definition) is 0. The Morgan fingerprint density at radius 2 is 1.65 bits per heavy atom. The average molecular weight is 333 g/mol. The van der Waals surface area contributed by atoms with E-state index in [1.54, 1.807) is 19.0 Å². The lowest BCUT2D eigenvalue weighted by Crippen LogP contribution is -2.53. The van der Waals surface area contributed by atoms with Gasteiger partial charge in [-0.15, -0.1) is 0 Å². The van der Waals surface area contributed by atoms with E-state index in [0.29, 0.717) is 0 Å². The zero-order valence-corrected chi connectivity index (χ0v) is 13.1. The van der Waals surface area contributed by atoms with Crippen molar-refractivity contribution in [3.8, 4) is 0 Å². The van der Waals surface area contributed by atoms with Crippen LogP contribution in [-0.4, -0.2) is 76.7 Å². The molecule has 1 saturated heterocycles. The molecule has 1 aliphatic rings. The molecule has 0 spiro atoms. The molecule has 0 aliphatic carbocycles. The molecule has 10 heteroatoms. The van der Waals surface area contributed by atoms with Crippen molar-refractivity contribution in [2.75, 3.05) is 40.3 Å². The number of carbonyl (C=O) groups excluding carboxylic acids is 2. The average Bonchev–Trinajstić information content (AvgIpc) is 2.88. The van der Waals surface area contributed by atoms with Crippen LogP contribution >= 0.6 is 0 Å². The number of carbonyl (C=O) groups is 2. The molecule has 3 amide bonds. The molecule has 0 bridgehead atoms. The van der Waals surface area contributed by atoms with E-state index < -0.39 is 23.3 Å². The second kappa shape index (κ2) is 6.09. The van der Waals surface area contributed by atoms with Crippen molar-refractivity contribution in [3.05, 3.63) is 17.5 Å².